The zero-order chi connectivity index (χ0) is 13.9. The molecule has 0 aliphatic carbocycles. The van der Waals surface area contributed by atoms with Gasteiger partial charge in [0.1, 0.15) is 12.0 Å². The van der Waals surface area contributed by atoms with E-state index in [4.69, 9.17) is 10.2 Å². The molecule has 0 unspecified atom stereocenters. The summed E-state index contributed by atoms with van der Waals surface area (Å²) in [6, 6.07) is 3.94. The Kier molecular flexibility index (Phi) is 6.00. The number of thiophene rings is 1. The van der Waals surface area contributed by atoms with Crippen LogP contribution in [0.2, 0.25) is 0 Å². The summed E-state index contributed by atoms with van der Waals surface area (Å²) in [6.45, 7) is 6.49. The first kappa shape index (κ1) is 17.0. The van der Waals surface area contributed by atoms with Crippen molar-refractivity contribution in [2.75, 3.05) is 0 Å². The molecule has 0 saturated carbocycles. The summed E-state index contributed by atoms with van der Waals surface area (Å²) in [5.41, 5.74) is 6.46. The van der Waals surface area contributed by atoms with Crippen molar-refractivity contribution in [1.82, 2.24) is 10.3 Å². The van der Waals surface area contributed by atoms with Crippen LogP contribution in [0.3, 0.4) is 0 Å². The number of nitrogens with zero attached hydrogens (tertiary/aromatic N) is 2. The van der Waals surface area contributed by atoms with Gasteiger partial charge in [-0.15, -0.1) is 35.3 Å². The molecule has 0 aliphatic rings. The first-order valence-electron chi connectivity index (χ1n) is 6.00. The maximum atomic E-state index is 5.79. The Hall–Kier alpha value is -1.09. The van der Waals surface area contributed by atoms with Gasteiger partial charge in [-0.3, -0.25) is 0 Å². The van der Waals surface area contributed by atoms with E-state index in [1.807, 2.05) is 38.3 Å². The predicted molar refractivity (Wildman–Crippen MR) is 93.4 cm³/mol. The van der Waals surface area contributed by atoms with Crippen LogP contribution in [0.4, 0.5) is 0 Å². The van der Waals surface area contributed by atoms with Crippen LogP contribution in [-0.2, 0) is 6.54 Å². The number of aromatic nitrogens is 1. The number of hydrogen-bond donors (Lipinski definition) is 2. The van der Waals surface area contributed by atoms with Crippen molar-refractivity contribution in [2.24, 2.45) is 10.7 Å². The van der Waals surface area contributed by atoms with Crippen molar-refractivity contribution in [1.29, 1.82) is 0 Å². The summed E-state index contributed by atoms with van der Waals surface area (Å²) >= 11 is 1.59. The van der Waals surface area contributed by atoms with E-state index in [0.717, 1.165) is 10.6 Å². The first-order chi connectivity index (χ1) is 8.94. The fourth-order valence-corrected chi connectivity index (χ4v) is 2.14. The fourth-order valence-electron chi connectivity index (χ4n) is 1.48. The molecular formula is C13H19IN4OS. The van der Waals surface area contributed by atoms with E-state index < -0.39 is 0 Å². The Labute approximate surface area is 139 Å². The Morgan fingerprint density at radius 3 is 2.85 bits per heavy atom. The van der Waals surface area contributed by atoms with E-state index in [-0.39, 0.29) is 29.5 Å². The standard InChI is InChI=1S/C13H18N4OS.HI/c1-13(2,3)17-12(14)15-7-9-8-18-11(16-9)10-5-4-6-19-10;/h4-6,8H,7H2,1-3H3,(H3,14,15,17);1H. The Bertz CT molecular complexity index is 557. The number of aliphatic imine (C=N–C) groups is 1. The second-order valence-corrected chi connectivity index (χ2v) is 6.15. The Morgan fingerprint density at radius 1 is 1.50 bits per heavy atom. The lowest BCUT2D eigenvalue weighted by Gasteiger charge is -2.20. The number of guanidine groups is 1. The molecule has 0 atom stereocenters. The lowest BCUT2D eigenvalue weighted by atomic mass is 10.1. The summed E-state index contributed by atoms with van der Waals surface area (Å²) in [5.74, 6) is 1.04. The molecular weight excluding hydrogens is 387 g/mol. The minimum atomic E-state index is -0.0977. The number of nitrogens with two attached hydrogens (primary N) is 1. The molecule has 0 spiro atoms. The molecule has 110 valence electrons. The van der Waals surface area contributed by atoms with Crippen LogP contribution in [0.1, 0.15) is 26.5 Å². The smallest absolute Gasteiger partial charge is 0.236 e. The van der Waals surface area contributed by atoms with Gasteiger partial charge >= 0.3 is 0 Å². The summed E-state index contributed by atoms with van der Waals surface area (Å²) in [5, 5.41) is 5.08. The quantitative estimate of drug-likeness (QED) is 0.466. The van der Waals surface area contributed by atoms with E-state index in [0.29, 0.717) is 18.4 Å². The number of rotatable bonds is 3. The minimum Gasteiger partial charge on any atom is -0.443 e. The highest BCUT2D eigenvalue weighted by molar-refractivity contribution is 14.0. The predicted octanol–water partition coefficient (Wildman–Crippen LogP) is 3.22. The summed E-state index contributed by atoms with van der Waals surface area (Å²) < 4.78 is 5.41. The molecule has 2 rings (SSSR count). The fraction of sp³-hybridized carbons (Fsp3) is 0.385. The first-order valence-corrected chi connectivity index (χ1v) is 6.88. The van der Waals surface area contributed by atoms with Crippen molar-refractivity contribution in [3.63, 3.8) is 0 Å². The van der Waals surface area contributed by atoms with E-state index >= 15 is 0 Å². The van der Waals surface area contributed by atoms with Gasteiger partial charge in [-0.1, -0.05) is 6.07 Å². The maximum absolute atomic E-state index is 5.79. The van der Waals surface area contributed by atoms with Crippen LogP contribution >= 0.6 is 35.3 Å². The summed E-state index contributed by atoms with van der Waals surface area (Å²) in [4.78, 5) is 9.62. The number of nitrogens with one attached hydrogen (secondary N) is 1. The average molecular weight is 406 g/mol. The molecule has 0 bridgehead atoms. The molecule has 3 N–H and O–H groups in total. The van der Waals surface area contributed by atoms with Crippen molar-refractivity contribution >= 4 is 41.3 Å². The van der Waals surface area contributed by atoms with Gasteiger partial charge in [0.25, 0.3) is 0 Å². The highest BCUT2D eigenvalue weighted by atomic mass is 127. The second kappa shape index (κ2) is 7.07. The molecule has 2 aromatic rings. The third kappa shape index (κ3) is 5.12. The largest absolute Gasteiger partial charge is 0.443 e. The second-order valence-electron chi connectivity index (χ2n) is 5.20. The van der Waals surface area contributed by atoms with Gasteiger partial charge in [0.2, 0.25) is 5.89 Å². The van der Waals surface area contributed by atoms with Gasteiger partial charge in [0, 0.05) is 5.54 Å². The molecule has 0 saturated heterocycles. The summed E-state index contributed by atoms with van der Waals surface area (Å²) in [6.07, 6.45) is 1.61. The zero-order valence-corrected chi connectivity index (χ0v) is 14.9. The molecule has 20 heavy (non-hydrogen) atoms. The van der Waals surface area contributed by atoms with Gasteiger partial charge in [-0.05, 0) is 32.2 Å². The van der Waals surface area contributed by atoms with Gasteiger partial charge in [0.15, 0.2) is 5.96 Å². The zero-order valence-electron chi connectivity index (χ0n) is 11.7. The van der Waals surface area contributed by atoms with Gasteiger partial charge < -0.3 is 15.5 Å². The van der Waals surface area contributed by atoms with Crippen LogP contribution < -0.4 is 11.1 Å². The molecule has 0 fully saturated rings. The molecule has 7 heteroatoms. The number of halogens is 1. The minimum absolute atomic E-state index is 0. The molecule has 2 heterocycles. The van der Waals surface area contributed by atoms with Crippen LogP contribution in [0.25, 0.3) is 10.8 Å². The summed E-state index contributed by atoms with van der Waals surface area (Å²) in [7, 11) is 0. The van der Waals surface area contributed by atoms with Gasteiger partial charge in [-0.25, -0.2) is 9.98 Å². The maximum Gasteiger partial charge on any atom is 0.236 e. The van der Waals surface area contributed by atoms with E-state index in [2.05, 4.69) is 15.3 Å². The van der Waals surface area contributed by atoms with Crippen LogP contribution in [0.15, 0.2) is 33.2 Å². The monoisotopic (exact) mass is 406 g/mol. The third-order valence-electron chi connectivity index (χ3n) is 2.20. The van der Waals surface area contributed by atoms with E-state index in [1.165, 1.54) is 0 Å². The van der Waals surface area contributed by atoms with Crippen molar-refractivity contribution in [3.05, 3.63) is 29.5 Å². The number of hydrogen-bond acceptors (Lipinski definition) is 4. The molecule has 0 radical (unpaired) electrons. The SMILES string of the molecule is CC(C)(C)NC(N)=NCc1coc(-c2cccs2)n1.I. The highest BCUT2D eigenvalue weighted by Gasteiger charge is 2.10. The van der Waals surface area contributed by atoms with E-state index in [9.17, 15) is 0 Å². The van der Waals surface area contributed by atoms with Crippen molar-refractivity contribution in [2.45, 2.75) is 32.9 Å². The molecule has 5 nitrogen and oxygen atoms in total. The average Bonchev–Trinajstić information content (AvgIpc) is 2.95. The van der Waals surface area contributed by atoms with Gasteiger partial charge in [0.05, 0.1) is 11.4 Å². The molecule has 0 aromatic carbocycles. The number of oxazole rings is 1. The van der Waals surface area contributed by atoms with E-state index in [1.54, 1.807) is 17.6 Å². The van der Waals surface area contributed by atoms with Crippen molar-refractivity contribution in [3.8, 4) is 10.8 Å². The Balaban J connectivity index is 0.00000200. The molecule has 0 aliphatic heterocycles. The lowest BCUT2D eigenvalue weighted by molar-refractivity contribution is 0.508. The van der Waals surface area contributed by atoms with Crippen LogP contribution in [0, 0.1) is 0 Å². The van der Waals surface area contributed by atoms with Crippen LogP contribution in [-0.4, -0.2) is 16.5 Å². The topological polar surface area (TPSA) is 76.4 Å². The van der Waals surface area contributed by atoms with Gasteiger partial charge in [-0.2, -0.15) is 0 Å². The third-order valence-corrected chi connectivity index (χ3v) is 3.06. The Morgan fingerprint density at radius 2 is 2.25 bits per heavy atom. The normalized spacial score (nSPS) is 12.1. The van der Waals surface area contributed by atoms with Crippen molar-refractivity contribution < 1.29 is 4.42 Å². The molecule has 2 aromatic heterocycles. The molecule has 0 amide bonds. The highest BCUT2D eigenvalue weighted by Crippen LogP contribution is 2.23. The lowest BCUT2D eigenvalue weighted by Crippen LogP contribution is -2.44. The van der Waals surface area contributed by atoms with Crippen LogP contribution in [0.5, 0.6) is 0 Å².